The minimum Gasteiger partial charge on any atom is -0.497 e. The maximum Gasteiger partial charge on any atom is 0.269 e. The summed E-state index contributed by atoms with van der Waals surface area (Å²) in [4.78, 5) is 28.6. The molecule has 2 aliphatic heterocycles. The number of carbonyl (C=O) groups is 2. The van der Waals surface area contributed by atoms with Crippen molar-refractivity contribution in [3.05, 3.63) is 72.6 Å². The fourth-order valence-corrected chi connectivity index (χ4v) is 4.92. The molecule has 37 heavy (non-hydrogen) atoms. The van der Waals surface area contributed by atoms with Crippen LogP contribution in [0.5, 0.6) is 17.2 Å². The van der Waals surface area contributed by atoms with Crippen LogP contribution in [-0.2, 0) is 4.79 Å². The Balaban J connectivity index is 1.40. The Hall–Kier alpha value is -4.31. The Labute approximate surface area is 215 Å². The van der Waals surface area contributed by atoms with Crippen molar-refractivity contribution in [2.75, 3.05) is 45.2 Å². The summed E-state index contributed by atoms with van der Waals surface area (Å²) in [6, 6.07) is 14.7. The van der Waals surface area contributed by atoms with Crippen LogP contribution in [0, 0.1) is 0 Å². The van der Waals surface area contributed by atoms with Crippen LogP contribution in [0.4, 0.5) is 5.69 Å². The number of hydrogen-bond donors (Lipinski definition) is 2. The normalized spacial score (nSPS) is 17.4. The van der Waals surface area contributed by atoms with Gasteiger partial charge in [0.15, 0.2) is 5.69 Å². The molecule has 10 heteroatoms. The summed E-state index contributed by atoms with van der Waals surface area (Å²) in [6.07, 6.45) is 2.19. The summed E-state index contributed by atoms with van der Waals surface area (Å²) in [5.74, 6) is 1.39. The van der Waals surface area contributed by atoms with Gasteiger partial charge in [0.05, 0.1) is 24.5 Å². The molecule has 3 aromatic rings. The molecule has 10 nitrogen and oxygen atoms in total. The summed E-state index contributed by atoms with van der Waals surface area (Å²) in [5, 5.41) is 8.20. The number of primary amides is 1. The summed E-state index contributed by atoms with van der Waals surface area (Å²) < 4.78 is 12.8. The van der Waals surface area contributed by atoms with Gasteiger partial charge in [-0.2, -0.15) is 5.10 Å². The third-order valence-corrected chi connectivity index (χ3v) is 6.78. The Morgan fingerprint density at radius 3 is 2.49 bits per heavy atom. The minimum atomic E-state index is -0.556. The predicted octanol–water partition coefficient (Wildman–Crippen LogP) is 2.96. The molecule has 0 aliphatic carbocycles. The lowest BCUT2D eigenvalue weighted by molar-refractivity contribution is -0.128. The average Bonchev–Trinajstić information content (AvgIpc) is 3.33. The van der Waals surface area contributed by atoms with Crippen molar-refractivity contribution < 1.29 is 19.1 Å². The number of methoxy groups -OCH3 is 1. The molecule has 0 bridgehead atoms. The maximum absolute atomic E-state index is 12.5. The standard InChI is InChI=1S/C27H30N6O4/c1-3-23(34)32-15-13-31(14-16-32)22-11-12-29-25-24(22)30-33(26(25)27(28)35)18-7-9-19(10-8-18)37-21-6-4-5-20(17-21)36-2/h3-10,17,22,29H,1,11-16H2,2H3,(H2,28,35)/t22-/m0/s1. The van der Waals surface area contributed by atoms with Gasteiger partial charge in [0, 0.05) is 38.8 Å². The van der Waals surface area contributed by atoms with E-state index in [1.807, 2.05) is 42.5 Å². The first kappa shape index (κ1) is 24.4. The number of ether oxygens (including phenoxy) is 2. The molecule has 0 spiro atoms. The highest BCUT2D eigenvalue weighted by Gasteiger charge is 2.35. The fourth-order valence-electron chi connectivity index (χ4n) is 4.92. The van der Waals surface area contributed by atoms with Gasteiger partial charge >= 0.3 is 0 Å². The highest BCUT2D eigenvalue weighted by atomic mass is 16.5. The lowest BCUT2D eigenvalue weighted by Gasteiger charge is -2.40. The summed E-state index contributed by atoms with van der Waals surface area (Å²) in [7, 11) is 1.61. The molecule has 192 valence electrons. The van der Waals surface area contributed by atoms with Gasteiger partial charge in [0.2, 0.25) is 5.91 Å². The number of benzene rings is 2. The molecule has 2 aliphatic rings. The molecular weight excluding hydrogens is 472 g/mol. The number of nitrogens with two attached hydrogens (primary N) is 1. The van der Waals surface area contributed by atoms with Crippen molar-refractivity contribution in [1.82, 2.24) is 19.6 Å². The molecule has 2 aromatic carbocycles. The van der Waals surface area contributed by atoms with Gasteiger partial charge in [-0.15, -0.1) is 0 Å². The van der Waals surface area contributed by atoms with Gasteiger partial charge in [-0.3, -0.25) is 14.5 Å². The third-order valence-electron chi connectivity index (χ3n) is 6.78. The molecule has 0 radical (unpaired) electrons. The number of carbonyl (C=O) groups excluding carboxylic acids is 2. The van der Waals surface area contributed by atoms with Gasteiger partial charge in [-0.1, -0.05) is 12.6 Å². The van der Waals surface area contributed by atoms with Crippen molar-refractivity contribution in [3.8, 4) is 22.9 Å². The average molecular weight is 503 g/mol. The molecule has 2 amide bonds. The number of nitrogens with one attached hydrogen (secondary N) is 1. The molecule has 1 atom stereocenters. The molecule has 1 fully saturated rings. The van der Waals surface area contributed by atoms with Gasteiger partial charge < -0.3 is 25.4 Å². The van der Waals surface area contributed by atoms with Crippen LogP contribution in [0.15, 0.2) is 61.2 Å². The first-order chi connectivity index (χ1) is 18.0. The Kier molecular flexibility index (Phi) is 6.82. The quantitative estimate of drug-likeness (QED) is 0.478. The Morgan fingerprint density at radius 1 is 1.08 bits per heavy atom. The SMILES string of the molecule is C=CC(=O)N1CCN([C@H]2CCNc3c2nn(-c2ccc(Oc4cccc(OC)c4)cc2)c3C(N)=O)CC1. The van der Waals surface area contributed by atoms with E-state index in [2.05, 4.69) is 16.8 Å². The van der Waals surface area contributed by atoms with Crippen molar-refractivity contribution in [3.63, 3.8) is 0 Å². The van der Waals surface area contributed by atoms with Crippen molar-refractivity contribution in [2.45, 2.75) is 12.5 Å². The van der Waals surface area contributed by atoms with E-state index in [1.165, 1.54) is 6.08 Å². The number of fused-ring (bicyclic) bond motifs is 1. The lowest BCUT2D eigenvalue weighted by atomic mass is 10.0. The largest absolute Gasteiger partial charge is 0.497 e. The smallest absolute Gasteiger partial charge is 0.269 e. The molecule has 1 saturated heterocycles. The molecular formula is C27H30N6O4. The van der Waals surface area contributed by atoms with Gasteiger partial charge in [-0.25, -0.2) is 4.68 Å². The van der Waals surface area contributed by atoms with Crippen LogP contribution in [0.25, 0.3) is 5.69 Å². The Bertz CT molecular complexity index is 1310. The van der Waals surface area contributed by atoms with E-state index in [1.54, 1.807) is 22.8 Å². The van der Waals surface area contributed by atoms with E-state index < -0.39 is 5.91 Å². The second kappa shape index (κ2) is 10.4. The van der Waals surface area contributed by atoms with E-state index in [4.69, 9.17) is 20.3 Å². The van der Waals surface area contributed by atoms with E-state index in [0.29, 0.717) is 54.0 Å². The zero-order valence-electron chi connectivity index (χ0n) is 20.7. The second-order valence-electron chi connectivity index (χ2n) is 8.96. The van der Waals surface area contributed by atoms with Crippen molar-refractivity contribution >= 4 is 17.5 Å². The van der Waals surface area contributed by atoms with Crippen molar-refractivity contribution in [1.29, 1.82) is 0 Å². The third kappa shape index (κ3) is 4.88. The molecule has 5 rings (SSSR count). The summed E-state index contributed by atoms with van der Waals surface area (Å²) >= 11 is 0. The fraction of sp³-hybridized carbons (Fsp3) is 0.296. The molecule has 1 aromatic heterocycles. The first-order valence-electron chi connectivity index (χ1n) is 12.2. The zero-order chi connectivity index (χ0) is 25.9. The number of aromatic nitrogens is 2. The van der Waals surface area contributed by atoms with Crippen LogP contribution in [-0.4, -0.2) is 71.2 Å². The molecule has 3 heterocycles. The lowest BCUT2D eigenvalue weighted by Crippen LogP contribution is -2.50. The van der Waals surface area contributed by atoms with E-state index in [9.17, 15) is 9.59 Å². The van der Waals surface area contributed by atoms with E-state index in [0.717, 1.165) is 25.2 Å². The summed E-state index contributed by atoms with van der Waals surface area (Å²) in [5.41, 5.74) is 8.31. The number of piperazine rings is 1. The number of nitrogens with zero attached hydrogens (tertiary/aromatic N) is 4. The summed E-state index contributed by atoms with van der Waals surface area (Å²) in [6.45, 7) is 6.98. The molecule has 3 N–H and O–H groups in total. The molecule has 0 saturated carbocycles. The van der Waals surface area contributed by atoms with Gasteiger partial charge in [0.25, 0.3) is 5.91 Å². The van der Waals surface area contributed by atoms with Gasteiger partial charge in [-0.05, 0) is 48.9 Å². The van der Waals surface area contributed by atoms with E-state index >= 15 is 0 Å². The number of rotatable bonds is 7. The minimum absolute atomic E-state index is 0.0206. The maximum atomic E-state index is 12.5. The zero-order valence-corrected chi connectivity index (χ0v) is 20.7. The highest BCUT2D eigenvalue weighted by Crippen LogP contribution is 2.37. The van der Waals surface area contributed by atoms with Gasteiger partial charge in [0.1, 0.15) is 22.9 Å². The Morgan fingerprint density at radius 2 is 1.81 bits per heavy atom. The monoisotopic (exact) mass is 502 g/mol. The predicted molar refractivity (Wildman–Crippen MR) is 139 cm³/mol. The first-order valence-corrected chi connectivity index (χ1v) is 12.2. The van der Waals surface area contributed by atoms with Crippen LogP contribution >= 0.6 is 0 Å². The van der Waals surface area contributed by atoms with Crippen LogP contribution < -0.4 is 20.5 Å². The number of hydrogen-bond acceptors (Lipinski definition) is 7. The van der Waals surface area contributed by atoms with Crippen LogP contribution in [0.2, 0.25) is 0 Å². The van der Waals surface area contributed by atoms with Crippen LogP contribution in [0.3, 0.4) is 0 Å². The number of amides is 2. The second-order valence-corrected chi connectivity index (χ2v) is 8.96. The topological polar surface area (TPSA) is 115 Å². The van der Waals surface area contributed by atoms with E-state index in [-0.39, 0.29) is 11.9 Å². The highest BCUT2D eigenvalue weighted by molar-refractivity contribution is 5.98. The van der Waals surface area contributed by atoms with Crippen molar-refractivity contribution in [2.24, 2.45) is 5.73 Å². The van der Waals surface area contributed by atoms with Crippen LogP contribution in [0.1, 0.15) is 28.6 Å². The number of anilines is 1. The molecule has 0 unspecified atom stereocenters.